The fraction of sp³-hybridized carbons (Fsp3) is 0.308. The second-order valence-corrected chi connectivity index (χ2v) is 8.17. The molecule has 0 amide bonds. The largest absolute Gasteiger partial charge is 0.495 e. The Hall–Kier alpha value is -3.65. The zero-order valence-corrected chi connectivity index (χ0v) is 19.6. The Morgan fingerprint density at radius 3 is 2.65 bits per heavy atom. The highest BCUT2D eigenvalue weighted by Crippen LogP contribution is 2.31. The molecule has 1 aliphatic heterocycles. The summed E-state index contributed by atoms with van der Waals surface area (Å²) in [5.41, 5.74) is 4.59. The number of ether oxygens (including phenoxy) is 1. The van der Waals surface area contributed by atoms with Gasteiger partial charge >= 0.3 is 0 Å². The molecule has 1 unspecified atom stereocenters. The van der Waals surface area contributed by atoms with E-state index in [2.05, 4.69) is 16.2 Å². The van der Waals surface area contributed by atoms with Crippen molar-refractivity contribution >= 4 is 11.9 Å². The van der Waals surface area contributed by atoms with E-state index >= 15 is 0 Å². The van der Waals surface area contributed by atoms with Gasteiger partial charge in [-0.05, 0) is 66.8 Å². The summed E-state index contributed by atoms with van der Waals surface area (Å²) in [5, 5.41) is 14.5. The van der Waals surface area contributed by atoms with Crippen molar-refractivity contribution in [3.05, 3.63) is 83.2 Å². The molecule has 0 spiro atoms. The number of piperidine rings is 1. The molecule has 1 saturated heterocycles. The average molecular weight is 465 g/mol. The van der Waals surface area contributed by atoms with Crippen LogP contribution in [-0.2, 0) is 4.84 Å². The summed E-state index contributed by atoms with van der Waals surface area (Å²) in [7, 11) is 3.16. The summed E-state index contributed by atoms with van der Waals surface area (Å²) < 4.78 is 21.0. The molecule has 1 aromatic heterocycles. The van der Waals surface area contributed by atoms with Gasteiger partial charge in [0.05, 0.1) is 37.5 Å². The van der Waals surface area contributed by atoms with Crippen LogP contribution in [0.25, 0.3) is 11.8 Å². The molecule has 178 valence electrons. The van der Waals surface area contributed by atoms with Crippen molar-refractivity contribution in [3.63, 3.8) is 0 Å². The van der Waals surface area contributed by atoms with Gasteiger partial charge in [-0.25, -0.2) is 9.37 Å². The maximum Gasteiger partial charge on any atom is 0.171 e. The predicted molar refractivity (Wildman–Crippen MR) is 129 cm³/mol. The minimum absolute atomic E-state index is 0.130. The molecule has 0 aliphatic carbocycles. The van der Waals surface area contributed by atoms with Crippen LogP contribution in [0.3, 0.4) is 0 Å². The number of aliphatic hydroxyl groups is 1. The van der Waals surface area contributed by atoms with Crippen molar-refractivity contribution in [1.29, 1.82) is 0 Å². The molecular formula is C26H29FN4O3. The van der Waals surface area contributed by atoms with E-state index in [1.165, 1.54) is 19.2 Å². The molecule has 4 rings (SSSR count). The lowest BCUT2D eigenvalue weighted by Gasteiger charge is -2.37. The number of oxime groups is 1. The number of hydrogen-bond acceptors (Lipinski definition) is 5. The predicted octanol–water partition coefficient (Wildman–Crippen LogP) is 4.50. The summed E-state index contributed by atoms with van der Waals surface area (Å²) in [4.78, 5) is 11.5. The molecule has 1 atom stereocenters. The first-order chi connectivity index (χ1) is 16.5. The van der Waals surface area contributed by atoms with Crippen molar-refractivity contribution in [2.45, 2.75) is 25.8 Å². The standard InChI is InChI=1S/C26H29FN4O3/c1-18-15-30(17-28-18)23-11-6-19(14-25(23)33-2)13-21-5-4-12-31(26(21)29-34-3)24(16-32)20-7-9-22(27)10-8-20/h6-11,13-15,17,24,32H,4-5,12,16H2,1-3H3/b21-13+,29-26+. The molecule has 1 aliphatic rings. The summed E-state index contributed by atoms with van der Waals surface area (Å²) in [5.74, 6) is 1.07. The van der Waals surface area contributed by atoms with Crippen LogP contribution in [0, 0.1) is 12.7 Å². The normalized spacial score (nSPS) is 17.3. The molecule has 2 aromatic carbocycles. The van der Waals surface area contributed by atoms with Crippen LogP contribution in [-0.4, -0.2) is 52.8 Å². The van der Waals surface area contributed by atoms with Crippen molar-refractivity contribution < 1.29 is 19.1 Å². The minimum Gasteiger partial charge on any atom is -0.495 e. The third-order valence-electron chi connectivity index (χ3n) is 5.92. The highest BCUT2D eigenvalue weighted by atomic mass is 19.1. The first kappa shape index (κ1) is 23.5. The Balaban J connectivity index is 1.68. The van der Waals surface area contributed by atoms with E-state index in [9.17, 15) is 9.50 Å². The number of methoxy groups -OCH3 is 1. The Kier molecular flexibility index (Phi) is 7.27. The Bertz CT molecular complexity index is 1190. The van der Waals surface area contributed by atoms with E-state index in [0.717, 1.165) is 46.7 Å². The SMILES string of the molecule is CO/N=C1\C(=C\c2ccc(-n3cnc(C)c3)c(OC)c2)CCCN1C(CO)c1ccc(F)cc1. The van der Waals surface area contributed by atoms with Gasteiger partial charge in [-0.3, -0.25) is 0 Å². The monoisotopic (exact) mass is 464 g/mol. The van der Waals surface area contributed by atoms with Gasteiger partial charge in [-0.1, -0.05) is 23.4 Å². The van der Waals surface area contributed by atoms with E-state index < -0.39 is 0 Å². The molecule has 1 N–H and O–H groups in total. The van der Waals surface area contributed by atoms with E-state index in [-0.39, 0.29) is 18.5 Å². The number of amidine groups is 1. The first-order valence-electron chi connectivity index (χ1n) is 11.2. The van der Waals surface area contributed by atoms with E-state index in [4.69, 9.17) is 9.57 Å². The first-order valence-corrected chi connectivity index (χ1v) is 11.2. The lowest BCUT2D eigenvalue weighted by Crippen LogP contribution is -2.41. The van der Waals surface area contributed by atoms with Crippen molar-refractivity contribution in [2.24, 2.45) is 5.16 Å². The number of aromatic nitrogens is 2. The van der Waals surface area contributed by atoms with Gasteiger partial charge in [0.1, 0.15) is 18.7 Å². The van der Waals surface area contributed by atoms with Gasteiger partial charge in [0.15, 0.2) is 5.84 Å². The Morgan fingerprint density at radius 2 is 2.00 bits per heavy atom. The van der Waals surface area contributed by atoms with Crippen LogP contribution in [0.2, 0.25) is 0 Å². The molecular weight excluding hydrogens is 435 g/mol. The third kappa shape index (κ3) is 4.97. The maximum atomic E-state index is 13.5. The minimum atomic E-state index is -0.361. The summed E-state index contributed by atoms with van der Waals surface area (Å²) in [6.45, 7) is 2.51. The zero-order chi connectivity index (χ0) is 24.1. The fourth-order valence-electron chi connectivity index (χ4n) is 4.30. The highest BCUT2D eigenvalue weighted by Gasteiger charge is 2.29. The summed E-state index contributed by atoms with van der Waals surface area (Å²) in [6, 6.07) is 11.8. The van der Waals surface area contributed by atoms with Gasteiger partial charge < -0.3 is 24.1 Å². The lowest BCUT2D eigenvalue weighted by atomic mass is 9.96. The maximum absolute atomic E-state index is 13.5. The molecule has 3 aromatic rings. The molecule has 2 heterocycles. The van der Waals surface area contributed by atoms with Gasteiger partial charge in [-0.2, -0.15) is 0 Å². The number of imidazole rings is 1. The quantitative estimate of drug-likeness (QED) is 0.521. The van der Waals surface area contributed by atoms with Gasteiger partial charge in [0.2, 0.25) is 0 Å². The van der Waals surface area contributed by atoms with Crippen molar-refractivity contribution in [3.8, 4) is 11.4 Å². The van der Waals surface area contributed by atoms with Crippen LogP contribution in [0.1, 0.15) is 35.7 Å². The van der Waals surface area contributed by atoms with E-state index in [1.807, 2.05) is 40.8 Å². The molecule has 0 bridgehead atoms. The lowest BCUT2D eigenvalue weighted by molar-refractivity contribution is 0.160. The Morgan fingerprint density at radius 1 is 1.21 bits per heavy atom. The zero-order valence-electron chi connectivity index (χ0n) is 19.6. The van der Waals surface area contributed by atoms with Gasteiger partial charge in [0.25, 0.3) is 0 Å². The number of likely N-dealkylation sites (tertiary alicyclic amines) is 1. The topological polar surface area (TPSA) is 72.1 Å². The molecule has 0 radical (unpaired) electrons. The fourth-order valence-corrected chi connectivity index (χ4v) is 4.30. The third-order valence-corrected chi connectivity index (χ3v) is 5.92. The number of rotatable bonds is 7. The molecule has 0 saturated carbocycles. The van der Waals surface area contributed by atoms with E-state index in [1.54, 1.807) is 25.6 Å². The molecule has 8 heteroatoms. The second-order valence-electron chi connectivity index (χ2n) is 8.17. The van der Waals surface area contributed by atoms with Crippen LogP contribution in [0.15, 0.2) is 65.7 Å². The van der Waals surface area contributed by atoms with Crippen molar-refractivity contribution in [1.82, 2.24) is 14.5 Å². The number of aliphatic hydroxyl groups excluding tert-OH is 1. The van der Waals surface area contributed by atoms with Crippen LogP contribution in [0.5, 0.6) is 5.75 Å². The van der Waals surface area contributed by atoms with Gasteiger partial charge in [0, 0.05) is 12.7 Å². The second kappa shape index (κ2) is 10.5. The van der Waals surface area contributed by atoms with Crippen LogP contribution >= 0.6 is 0 Å². The number of benzene rings is 2. The van der Waals surface area contributed by atoms with Crippen LogP contribution < -0.4 is 4.74 Å². The number of halogens is 1. The summed E-state index contributed by atoms with van der Waals surface area (Å²) in [6.07, 6.45) is 7.47. The highest BCUT2D eigenvalue weighted by molar-refractivity contribution is 6.02. The van der Waals surface area contributed by atoms with Crippen LogP contribution in [0.4, 0.5) is 4.39 Å². The summed E-state index contributed by atoms with van der Waals surface area (Å²) >= 11 is 0. The number of hydrogen-bond donors (Lipinski definition) is 1. The van der Waals surface area contributed by atoms with E-state index in [0.29, 0.717) is 12.4 Å². The smallest absolute Gasteiger partial charge is 0.171 e. The van der Waals surface area contributed by atoms with Crippen molar-refractivity contribution in [2.75, 3.05) is 27.4 Å². The number of aryl methyl sites for hydroxylation is 1. The number of nitrogens with zero attached hydrogens (tertiary/aromatic N) is 4. The molecule has 1 fully saturated rings. The van der Waals surface area contributed by atoms with Gasteiger partial charge in [-0.15, -0.1) is 0 Å². The Labute approximate surface area is 198 Å². The molecule has 7 nitrogen and oxygen atoms in total. The average Bonchev–Trinajstić information content (AvgIpc) is 3.28. The molecule has 34 heavy (non-hydrogen) atoms.